The lowest BCUT2D eigenvalue weighted by Crippen LogP contribution is -2.15. The second-order valence-corrected chi connectivity index (χ2v) is 3.82. The normalized spacial score (nSPS) is 10.6. The first-order chi connectivity index (χ1) is 8.00. The van der Waals surface area contributed by atoms with Crippen LogP contribution in [0.15, 0.2) is 23.0 Å². The van der Waals surface area contributed by atoms with Gasteiger partial charge in [-0.2, -0.15) is 4.39 Å². The third-order valence-corrected chi connectivity index (χ3v) is 2.53. The molecule has 1 N–H and O–H groups in total. The minimum atomic E-state index is -0.976. The van der Waals surface area contributed by atoms with Crippen molar-refractivity contribution in [3.05, 3.63) is 50.9 Å². The van der Waals surface area contributed by atoms with Gasteiger partial charge in [-0.15, -0.1) is 0 Å². The molecule has 0 atom stereocenters. The van der Waals surface area contributed by atoms with Gasteiger partial charge < -0.3 is 4.98 Å². The topological polar surface area (TPSA) is 45.8 Å². The van der Waals surface area contributed by atoms with E-state index >= 15 is 0 Å². The van der Waals surface area contributed by atoms with E-state index in [1.54, 1.807) is 0 Å². The highest BCUT2D eigenvalue weighted by Crippen LogP contribution is 2.24. The molecule has 0 amide bonds. The summed E-state index contributed by atoms with van der Waals surface area (Å²) in [6.07, 6.45) is 0. The zero-order chi connectivity index (χ0) is 12.6. The molecule has 0 radical (unpaired) electrons. The van der Waals surface area contributed by atoms with E-state index in [4.69, 9.17) is 11.6 Å². The smallest absolute Gasteiger partial charge is 0.287 e. The second kappa shape index (κ2) is 4.25. The number of aryl methyl sites for hydroxylation is 1. The molecule has 1 heterocycles. The van der Waals surface area contributed by atoms with Crippen molar-refractivity contribution in [3.63, 3.8) is 0 Å². The highest BCUT2D eigenvalue weighted by molar-refractivity contribution is 6.31. The van der Waals surface area contributed by atoms with Crippen LogP contribution in [0.25, 0.3) is 11.4 Å². The monoisotopic (exact) mass is 256 g/mol. The first kappa shape index (κ1) is 11.7. The summed E-state index contributed by atoms with van der Waals surface area (Å²) in [6.45, 7) is 1.33. The van der Waals surface area contributed by atoms with Crippen LogP contribution in [0.4, 0.5) is 8.78 Å². The molecule has 0 spiro atoms. The number of nitrogens with zero attached hydrogens (tertiary/aromatic N) is 1. The van der Waals surface area contributed by atoms with Crippen LogP contribution in [-0.2, 0) is 0 Å². The number of hydrogen-bond donors (Lipinski definition) is 1. The fraction of sp³-hybridized carbons (Fsp3) is 0.0909. The van der Waals surface area contributed by atoms with Crippen molar-refractivity contribution in [2.75, 3.05) is 0 Å². The highest BCUT2D eigenvalue weighted by atomic mass is 35.5. The van der Waals surface area contributed by atoms with Gasteiger partial charge in [0.15, 0.2) is 5.82 Å². The van der Waals surface area contributed by atoms with Gasteiger partial charge in [-0.3, -0.25) is 4.79 Å². The Morgan fingerprint density at radius 2 is 2.00 bits per heavy atom. The van der Waals surface area contributed by atoms with Crippen LogP contribution in [0.2, 0.25) is 5.02 Å². The van der Waals surface area contributed by atoms with Crippen LogP contribution < -0.4 is 5.56 Å². The largest absolute Gasteiger partial charge is 0.304 e. The zero-order valence-electron chi connectivity index (χ0n) is 8.72. The van der Waals surface area contributed by atoms with Crippen LogP contribution in [0.3, 0.4) is 0 Å². The van der Waals surface area contributed by atoms with Crippen LogP contribution in [0, 0.1) is 18.6 Å². The van der Waals surface area contributed by atoms with E-state index in [2.05, 4.69) is 9.97 Å². The van der Waals surface area contributed by atoms with Crippen LogP contribution in [-0.4, -0.2) is 9.97 Å². The van der Waals surface area contributed by atoms with E-state index in [0.717, 1.165) is 0 Å². The Morgan fingerprint density at radius 1 is 1.29 bits per heavy atom. The Balaban J connectivity index is 2.70. The molecule has 0 aliphatic carbocycles. The SMILES string of the molecule is Cc1nc(-c2cccc(Cl)c2F)[nH]c(=O)c1F. The van der Waals surface area contributed by atoms with E-state index in [1.807, 2.05) is 0 Å². The summed E-state index contributed by atoms with van der Waals surface area (Å²) >= 11 is 5.61. The maximum Gasteiger partial charge on any atom is 0.287 e. The summed E-state index contributed by atoms with van der Waals surface area (Å²) in [4.78, 5) is 17.1. The van der Waals surface area contributed by atoms with Gasteiger partial charge >= 0.3 is 0 Å². The first-order valence-corrected chi connectivity index (χ1v) is 5.09. The van der Waals surface area contributed by atoms with Gasteiger partial charge in [-0.1, -0.05) is 17.7 Å². The highest BCUT2D eigenvalue weighted by Gasteiger charge is 2.13. The van der Waals surface area contributed by atoms with E-state index in [-0.39, 0.29) is 22.1 Å². The number of rotatable bonds is 1. The van der Waals surface area contributed by atoms with E-state index < -0.39 is 17.2 Å². The molecular formula is C11H7ClF2N2O. The standard InChI is InChI=1S/C11H7ClF2N2O/c1-5-8(13)11(17)16-10(15-5)6-3-2-4-7(12)9(6)14/h2-4H,1H3,(H,15,16,17). The lowest BCUT2D eigenvalue weighted by molar-refractivity contribution is 0.587. The van der Waals surface area contributed by atoms with Crippen molar-refractivity contribution in [2.24, 2.45) is 0 Å². The minimum Gasteiger partial charge on any atom is -0.304 e. The number of aromatic nitrogens is 2. The second-order valence-electron chi connectivity index (χ2n) is 3.42. The number of H-pyrrole nitrogens is 1. The summed E-state index contributed by atoms with van der Waals surface area (Å²) in [5.74, 6) is -1.73. The fourth-order valence-corrected chi connectivity index (χ4v) is 1.56. The van der Waals surface area contributed by atoms with Crippen molar-refractivity contribution in [1.82, 2.24) is 9.97 Å². The van der Waals surface area contributed by atoms with Gasteiger partial charge in [0.2, 0.25) is 5.82 Å². The number of nitrogens with one attached hydrogen (secondary N) is 1. The predicted octanol–water partition coefficient (Wildman–Crippen LogP) is 2.68. The molecule has 3 nitrogen and oxygen atoms in total. The van der Waals surface area contributed by atoms with Gasteiger partial charge in [-0.05, 0) is 19.1 Å². The van der Waals surface area contributed by atoms with Gasteiger partial charge in [0, 0.05) is 0 Å². The van der Waals surface area contributed by atoms with Crippen LogP contribution in [0.1, 0.15) is 5.69 Å². The van der Waals surface area contributed by atoms with Crippen molar-refractivity contribution in [2.45, 2.75) is 6.92 Å². The van der Waals surface area contributed by atoms with Gasteiger partial charge in [0.05, 0.1) is 16.3 Å². The average molecular weight is 257 g/mol. The molecule has 0 saturated carbocycles. The Kier molecular flexibility index (Phi) is 2.93. The molecule has 1 aromatic carbocycles. The summed E-state index contributed by atoms with van der Waals surface area (Å²) in [5.41, 5.74) is -1.01. The number of benzene rings is 1. The zero-order valence-corrected chi connectivity index (χ0v) is 9.48. The summed E-state index contributed by atoms with van der Waals surface area (Å²) in [7, 11) is 0. The molecule has 0 saturated heterocycles. The molecule has 17 heavy (non-hydrogen) atoms. The predicted molar refractivity (Wildman–Crippen MR) is 60.0 cm³/mol. The van der Waals surface area contributed by atoms with Crippen molar-refractivity contribution >= 4 is 11.6 Å². The third kappa shape index (κ3) is 2.06. The summed E-state index contributed by atoms with van der Waals surface area (Å²) in [6, 6.07) is 4.28. The fourth-order valence-electron chi connectivity index (χ4n) is 1.39. The van der Waals surface area contributed by atoms with Crippen molar-refractivity contribution in [3.8, 4) is 11.4 Å². The molecule has 0 unspecified atom stereocenters. The maximum absolute atomic E-state index is 13.7. The molecular weight excluding hydrogens is 250 g/mol. The molecule has 0 bridgehead atoms. The molecule has 88 valence electrons. The number of hydrogen-bond acceptors (Lipinski definition) is 2. The third-order valence-electron chi connectivity index (χ3n) is 2.24. The Hall–Kier alpha value is -1.75. The molecule has 6 heteroatoms. The summed E-state index contributed by atoms with van der Waals surface area (Å²) < 4.78 is 26.7. The van der Waals surface area contributed by atoms with Crippen molar-refractivity contribution < 1.29 is 8.78 Å². The average Bonchev–Trinajstić information content (AvgIpc) is 2.29. The van der Waals surface area contributed by atoms with Crippen molar-refractivity contribution in [1.29, 1.82) is 0 Å². The van der Waals surface area contributed by atoms with E-state index in [9.17, 15) is 13.6 Å². The lowest BCUT2D eigenvalue weighted by atomic mass is 10.2. The minimum absolute atomic E-state index is 0.0256. The molecule has 2 aromatic rings. The molecule has 0 aliphatic rings. The van der Waals surface area contributed by atoms with Crippen LogP contribution >= 0.6 is 11.6 Å². The van der Waals surface area contributed by atoms with Gasteiger partial charge in [0.1, 0.15) is 5.82 Å². The Morgan fingerprint density at radius 3 is 2.65 bits per heavy atom. The van der Waals surface area contributed by atoms with Gasteiger partial charge in [0.25, 0.3) is 5.56 Å². The Bertz CT molecular complexity index is 640. The van der Waals surface area contributed by atoms with E-state index in [0.29, 0.717) is 0 Å². The summed E-state index contributed by atoms with van der Waals surface area (Å²) in [5, 5.41) is -0.0906. The molecule has 1 aromatic heterocycles. The Labute approximate surface area is 100 Å². The van der Waals surface area contributed by atoms with Crippen LogP contribution in [0.5, 0.6) is 0 Å². The quantitative estimate of drug-likeness (QED) is 0.853. The van der Waals surface area contributed by atoms with E-state index in [1.165, 1.54) is 25.1 Å². The number of halogens is 3. The molecule has 2 rings (SSSR count). The van der Waals surface area contributed by atoms with Gasteiger partial charge in [-0.25, -0.2) is 9.37 Å². The maximum atomic E-state index is 13.7. The molecule has 0 fully saturated rings. The number of aromatic amines is 1. The lowest BCUT2D eigenvalue weighted by Gasteiger charge is -2.04. The first-order valence-electron chi connectivity index (χ1n) is 4.71. The molecule has 0 aliphatic heterocycles.